The summed E-state index contributed by atoms with van der Waals surface area (Å²) in [5.41, 5.74) is 6.52. The minimum Gasteiger partial charge on any atom is -0.398 e. The molecule has 1 saturated heterocycles. The molecule has 1 aromatic rings. The summed E-state index contributed by atoms with van der Waals surface area (Å²) in [6.45, 7) is 4.47. The summed E-state index contributed by atoms with van der Waals surface area (Å²) in [4.78, 5) is 27.6. The van der Waals surface area contributed by atoms with E-state index in [0.717, 1.165) is 0 Å². The second kappa shape index (κ2) is 6.67. The minimum atomic E-state index is -0.150. The van der Waals surface area contributed by atoms with Crippen molar-refractivity contribution < 1.29 is 9.59 Å². The Hall–Kier alpha value is -1.95. The Morgan fingerprint density at radius 2 is 1.86 bits per heavy atom. The predicted molar refractivity (Wildman–Crippen MR) is 82.4 cm³/mol. The van der Waals surface area contributed by atoms with Gasteiger partial charge in [0, 0.05) is 32.7 Å². The summed E-state index contributed by atoms with van der Waals surface area (Å²) >= 11 is 6.08. The maximum Gasteiger partial charge on any atom is 0.317 e. The molecular weight excluding hydrogens is 292 g/mol. The standard InChI is InChI=1S/C14H19ClN4O2/c1-2-17-14(21)19-8-6-18(7-9-19)13(20)10-4-3-5-11(16)12(10)15/h3-5H,2,6-9,16H2,1H3,(H,17,21). The molecule has 21 heavy (non-hydrogen) atoms. The Bertz CT molecular complexity index is 542. The molecule has 0 bridgehead atoms. The maximum absolute atomic E-state index is 12.4. The predicted octanol–water partition coefficient (Wildman–Crippen LogP) is 1.41. The third kappa shape index (κ3) is 3.39. The van der Waals surface area contributed by atoms with Crippen LogP contribution in [0.4, 0.5) is 10.5 Å². The Morgan fingerprint density at radius 1 is 1.24 bits per heavy atom. The van der Waals surface area contributed by atoms with Gasteiger partial charge in [-0.25, -0.2) is 4.79 Å². The number of amides is 3. The molecule has 3 N–H and O–H groups in total. The Balaban J connectivity index is 2.00. The minimum absolute atomic E-state index is 0.0911. The highest BCUT2D eigenvalue weighted by atomic mass is 35.5. The van der Waals surface area contributed by atoms with E-state index in [9.17, 15) is 9.59 Å². The zero-order chi connectivity index (χ0) is 15.4. The van der Waals surface area contributed by atoms with E-state index in [1.807, 2.05) is 6.92 Å². The first-order chi connectivity index (χ1) is 10.0. The number of halogens is 1. The van der Waals surface area contributed by atoms with Crippen LogP contribution in [0, 0.1) is 0 Å². The van der Waals surface area contributed by atoms with Gasteiger partial charge in [-0.1, -0.05) is 17.7 Å². The van der Waals surface area contributed by atoms with E-state index < -0.39 is 0 Å². The van der Waals surface area contributed by atoms with Crippen molar-refractivity contribution in [1.82, 2.24) is 15.1 Å². The number of hydrogen-bond acceptors (Lipinski definition) is 3. The van der Waals surface area contributed by atoms with Crippen molar-refractivity contribution in [3.63, 3.8) is 0 Å². The number of nitrogens with zero attached hydrogens (tertiary/aromatic N) is 2. The molecular formula is C14H19ClN4O2. The van der Waals surface area contributed by atoms with Crippen LogP contribution in [0.1, 0.15) is 17.3 Å². The number of carbonyl (C=O) groups excluding carboxylic acids is 2. The summed E-state index contributed by atoms with van der Waals surface area (Å²) in [6, 6.07) is 4.94. The molecule has 0 aromatic heterocycles. The van der Waals surface area contributed by atoms with Gasteiger partial charge in [0.2, 0.25) is 0 Å². The fourth-order valence-electron chi connectivity index (χ4n) is 2.26. The average Bonchev–Trinajstić information content (AvgIpc) is 2.50. The van der Waals surface area contributed by atoms with E-state index in [1.165, 1.54) is 0 Å². The van der Waals surface area contributed by atoms with Gasteiger partial charge in [0.05, 0.1) is 16.3 Å². The second-order valence-corrected chi connectivity index (χ2v) is 5.20. The normalized spacial score (nSPS) is 15.0. The van der Waals surface area contributed by atoms with Crippen LogP contribution in [0.5, 0.6) is 0 Å². The van der Waals surface area contributed by atoms with Crippen molar-refractivity contribution in [3.05, 3.63) is 28.8 Å². The van der Waals surface area contributed by atoms with E-state index in [1.54, 1.807) is 28.0 Å². The molecule has 0 spiro atoms. The molecule has 1 fully saturated rings. The average molecular weight is 311 g/mol. The van der Waals surface area contributed by atoms with Crippen molar-refractivity contribution >= 4 is 29.2 Å². The molecule has 0 unspecified atom stereocenters. The lowest BCUT2D eigenvalue weighted by molar-refractivity contribution is 0.0665. The molecule has 0 saturated carbocycles. The molecule has 0 aliphatic carbocycles. The summed E-state index contributed by atoms with van der Waals surface area (Å²) in [5.74, 6) is -0.150. The van der Waals surface area contributed by atoms with Gasteiger partial charge in [0.25, 0.3) is 5.91 Å². The molecule has 0 atom stereocenters. The van der Waals surface area contributed by atoms with Gasteiger partial charge in [-0.2, -0.15) is 0 Å². The monoisotopic (exact) mass is 310 g/mol. The molecule has 1 aliphatic rings. The van der Waals surface area contributed by atoms with Gasteiger partial charge in [-0.15, -0.1) is 0 Å². The molecule has 0 radical (unpaired) electrons. The smallest absolute Gasteiger partial charge is 0.317 e. The largest absolute Gasteiger partial charge is 0.398 e. The number of rotatable bonds is 2. The van der Waals surface area contributed by atoms with Crippen LogP contribution < -0.4 is 11.1 Å². The van der Waals surface area contributed by atoms with E-state index in [-0.39, 0.29) is 17.0 Å². The fourth-order valence-corrected chi connectivity index (χ4v) is 2.47. The first-order valence-electron chi connectivity index (χ1n) is 6.90. The zero-order valence-corrected chi connectivity index (χ0v) is 12.7. The number of nitrogens with two attached hydrogens (primary N) is 1. The molecule has 1 aliphatic heterocycles. The van der Waals surface area contributed by atoms with Crippen molar-refractivity contribution in [2.45, 2.75) is 6.92 Å². The fraction of sp³-hybridized carbons (Fsp3) is 0.429. The Kier molecular flexibility index (Phi) is 4.90. The number of hydrogen-bond donors (Lipinski definition) is 2. The molecule has 1 heterocycles. The Morgan fingerprint density at radius 3 is 2.48 bits per heavy atom. The number of benzene rings is 1. The van der Waals surface area contributed by atoms with E-state index in [2.05, 4.69) is 5.32 Å². The highest BCUT2D eigenvalue weighted by molar-refractivity contribution is 6.36. The van der Waals surface area contributed by atoms with Crippen LogP contribution in [0.15, 0.2) is 18.2 Å². The van der Waals surface area contributed by atoms with Gasteiger partial charge < -0.3 is 20.9 Å². The van der Waals surface area contributed by atoms with Gasteiger partial charge in [-0.05, 0) is 19.1 Å². The van der Waals surface area contributed by atoms with Gasteiger partial charge in [0.15, 0.2) is 0 Å². The number of urea groups is 1. The quantitative estimate of drug-likeness (QED) is 0.811. The number of anilines is 1. The molecule has 6 nitrogen and oxygen atoms in total. The van der Waals surface area contributed by atoms with Crippen molar-refractivity contribution in [1.29, 1.82) is 0 Å². The maximum atomic E-state index is 12.4. The first kappa shape index (κ1) is 15.4. The van der Waals surface area contributed by atoms with Crippen molar-refractivity contribution in [3.8, 4) is 0 Å². The Labute approximate surface area is 128 Å². The van der Waals surface area contributed by atoms with Crippen molar-refractivity contribution in [2.75, 3.05) is 38.5 Å². The summed E-state index contributed by atoms with van der Waals surface area (Å²) in [7, 11) is 0. The summed E-state index contributed by atoms with van der Waals surface area (Å²) in [6.07, 6.45) is 0. The van der Waals surface area contributed by atoms with Crippen LogP contribution in [0.3, 0.4) is 0 Å². The van der Waals surface area contributed by atoms with Crippen LogP contribution in [0.25, 0.3) is 0 Å². The third-order valence-corrected chi connectivity index (χ3v) is 3.86. The molecule has 1 aromatic carbocycles. The van der Waals surface area contributed by atoms with Crippen LogP contribution in [0.2, 0.25) is 5.02 Å². The topological polar surface area (TPSA) is 78.7 Å². The zero-order valence-electron chi connectivity index (χ0n) is 11.9. The summed E-state index contributed by atoms with van der Waals surface area (Å²) < 4.78 is 0. The SMILES string of the molecule is CCNC(=O)N1CCN(C(=O)c2cccc(N)c2Cl)CC1. The molecule has 2 rings (SSSR count). The highest BCUT2D eigenvalue weighted by Gasteiger charge is 2.25. The lowest BCUT2D eigenvalue weighted by atomic mass is 10.1. The van der Waals surface area contributed by atoms with Gasteiger partial charge in [0.1, 0.15) is 0 Å². The lowest BCUT2D eigenvalue weighted by Crippen LogP contribution is -2.53. The molecule has 114 valence electrons. The number of nitrogens with one attached hydrogen (secondary N) is 1. The molecule has 7 heteroatoms. The lowest BCUT2D eigenvalue weighted by Gasteiger charge is -2.34. The summed E-state index contributed by atoms with van der Waals surface area (Å²) in [5, 5.41) is 3.04. The second-order valence-electron chi connectivity index (χ2n) is 4.82. The van der Waals surface area contributed by atoms with Gasteiger partial charge in [-0.3, -0.25) is 4.79 Å². The van der Waals surface area contributed by atoms with Gasteiger partial charge >= 0.3 is 6.03 Å². The van der Waals surface area contributed by atoms with Crippen LogP contribution in [-0.2, 0) is 0 Å². The third-order valence-electron chi connectivity index (χ3n) is 3.44. The number of piperazine rings is 1. The van der Waals surface area contributed by atoms with Crippen LogP contribution in [-0.4, -0.2) is 54.5 Å². The van der Waals surface area contributed by atoms with Crippen molar-refractivity contribution in [2.24, 2.45) is 0 Å². The highest BCUT2D eigenvalue weighted by Crippen LogP contribution is 2.24. The van der Waals surface area contributed by atoms with Crippen LogP contribution >= 0.6 is 11.6 Å². The van der Waals surface area contributed by atoms with E-state index in [0.29, 0.717) is 44.0 Å². The number of nitrogen functional groups attached to an aromatic ring is 1. The molecule has 3 amide bonds. The van der Waals surface area contributed by atoms with E-state index >= 15 is 0 Å². The number of carbonyl (C=O) groups is 2. The first-order valence-corrected chi connectivity index (χ1v) is 7.28. The van der Waals surface area contributed by atoms with E-state index in [4.69, 9.17) is 17.3 Å².